The van der Waals surface area contributed by atoms with Crippen LogP contribution in [0.1, 0.15) is 24.1 Å². The topological polar surface area (TPSA) is 34.1 Å². The van der Waals surface area contributed by atoms with Crippen LogP contribution >= 0.6 is 0 Å². The fourth-order valence-corrected chi connectivity index (χ4v) is 1.45. The van der Waals surface area contributed by atoms with Gasteiger partial charge in [-0.15, -0.1) is 0 Å². The van der Waals surface area contributed by atoms with Crippen LogP contribution < -0.4 is 5.32 Å². The van der Waals surface area contributed by atoms with Gasteiger partial charge in [-0.25, -0.2) is 8.78 Å². The van der Waals surface area contributed by atoms with Gasteiger partial charge >= 0.3 is 0 Å². The van der Waals surface area contributed by atoms with E-state index in [4.69, 9.17) is 4.74 Å². The number of nitrogens with zero attached hydrogens (tertiary/aromatic N) is 1. The zero-order chi connectivity index (χ0) is 12.1. The second-order valence-corrected chi connectivity index (χ2v) is 4.22. The van der Waals surface area contributed by atoms with Gasteiger partial charge in [0.2, 0.25) is 0 Å². The average molecular weight is 242 g/mol. The molecule has 1 aromatic heterocycles. The molecule has 94 valence electrons. The largest absolute Gasteiger partial charge is 0.369 e. The Morgan fingerprint density at radius 3 is 2.82 bits per heavy atom. The van der Waals surface area contributed by atoms with Crippen LogP contribution in [-0.2, 0) is 17.9 Å². The van der Waals surface area contributed by atoms with E-state index >= 15 is 0 Å². The van der Waals surface area contributed by atoms with Gasteiger partial charge in [0.15, 0.2) is 0 Å². The molecule has 5 heteroatoms. The number of alkyl halides is 2. The van der Waals surface area contributed by atoms with Crippen LogP contribution in [0.4, 0.5) is 8.78 Å². The predicted molar refractivity (Wildman–Crippen MR) is 59.8 cm³/mol. The number of hydrogen-bond donors (Lipinski definition) is 1. The number of nitrogens with one attached hydrogen (secondary N) is 1. The molecule has 0 aromatic carbocycles. The normalized spacial score (nSPS) is 15.5. The number of ether oxygens (including phenoxy) is 1. The SMILES string of the molecule is FC(F)COCc1ccc(CNC2CC2)cn1. The molecule has 3 nitrogen and oxygen atoms in total. The van der Waals surface area contributed by atoms with Crippen molar-refractivity contribution in [2.24, 2.45) is 0 Å². The summed E-state index contributed by atoms with van der Waals surface area (Å²) in [7, 11) is 0. The van der Waals surface area contributed by atoms with Crippen LogP contribution in [0.25, 0.3) is 0 Å². The van der Waals surface area contributed by atoms with Gasteiger partial charge in [0.25, 0.3) is 6.43 Å². The maximum atomic E-state index is 11.8. The van der Waals surface area contributed by atoms with Gasteiger partial charge in [0, 0.05) is 18.8 Å². The van der Waals surface area contributed by atoms with Crippen molar-refractivity contribution in [3.8, 4) is 0 Å². The fourth-order valence-electron chi connectivity index (χ4n) is 1.45. The van der Waals surface area contributed by atoms with Gasteiger partial charge in [-0.3, -0.25) is 4.98 Å². The van der Waals surface area contributed by atoms with Crippen molar-refractivity contribution in [1.29, 1.82) is 0 Å². The molecular formula is C12H16F2N2O. The summed E-state index contributed by atoms with van der Waals surface area (Å²) in [6.07, 6.45) is 1.85. The van der Waals surface area contributed by atoms with E-state index in [1.165, 1.54) is 12.8 Å². The molecule has 1 aliphatic carbocycles. The Labute approximate surface area is 99.2 Å². The molecule has 0 amide bonds. The van der Waals surface area contributed by atoms with Gasteiger partial charge in [0.1, 0.15) is 6.61 Å². The smallest absolute Gasteiger partial charge is 0.261 e. The highest BCUT2D eigenvalue weighted by molar-refractivity contribution is 5.13. The average Bonchev–Trinajstić information content (AvgIpc) is 3.11. The lowest BCUT2D eigenvalue weighted by atomic mass is 10.2. The minimum Gasteiger partial charge on any atom is -0.369 e. The fraction of sp³-hybridized carbons (Fsp3) is 0.583. The van der Waals surface area contributed by atoms with Crippen LogP contribution in [-0.4, -0.2) is 24.1 Å². The molecule has 0 radical (unpaired) electrons. The molecule has 0 saturated heterocycles. The summed E-state index contributed by atoms with van der Waals surface area (Å²) in [6.45, 7) is 0.420. The van der Waals surface area contributed by atoms with Crippen molar-refractivity contribution in [2.75, 3.05) is 6.61 Å². The first kappa shape index (κ1) is 12.4. The molecular weight excluding hydrogens is 226 g/mol. The molecule has 0 atom stereocenters. The lowest BCUT2D eigenvalue weighted by molar-refractivity contribution is 0.00883. The summed E-state index contributed by atoms with van der Waals surface area (Å²) < 4.78 is 28.5. The lowest BCUT2D eigenvalue weighted by Gasteiger charge is -2.05. The highest BCUT2D eigenvalue weighted by atomic mass is 19.3. The Hall–Kier alpha value is -1.07. The summed E-state index contributed by atoms with van der Waals surface area (Å²) in [5.41, 5.74) is 1.79. The van der Waals surface area contributed by atoms with E-state index in [2.05, 4.69) is 10.3 Å². The second kappa shape index (κ2) is 6.02. The Morgan fingerprint density at radius 1 is 1.41 bits per heavy atom. The quantitative estimate of drug-likeness (QED) is 0.795. The molecule has 1 aliphatic rings. The van der Waals surface area contributed by atoms with Crippen molar-refractivity contribution < 1.29 is 13.5 Å². The van der Waals surface area contributed by atoms with Crippen molar-refractivity contribution in [3.63, 3.8) is 0 Å². The minimum absolute atomic E-state index is 0.140. The van der Waals surface area contributed by atoms with Crippen molar-refractivity contribution in [2.45, 2.75) is 38.5 Å². The number of hydrogen-bond acceptors (Lipinski definition) is 3. The third-order valence-corrected chi connectivity index (χ3v) is 2.55. The number of pyridine rings is 1. The molecule has 1 aromatic rings. The van der Waals surface area contributed by atoms with Crippen LogP contribution in [0, 0.1) is 0 Å². The zero-order valence-corrected chi connectivity index (χ0v) is 9.53. The first-order chi connectivity index (χ1) is 8.24. The van der Waals surface area contributed by atoms with E-state index in [-0.39, 0.29) is 6.61 Å². The highest BCUT2D eigenvalue weighted by Gasteiger charge is 2.19. The molecule has 1 N–H and O–H groups in total. The summed E-state index contributed by atoms with van der Waals surface area (Å²) in [5.74, 6) is 0. The predicted octanol–water partition coefficient (Wildman–Crippen LogP) is 2.12. The highest BCUT2D eigenvalue weighted by Crippen LogP contribution is 2.19. The van der Waals surface area contributed by atoms with E-state index in [0.29, 0.717) is 11.7 Å². The molecule has 0 spiro atoms. The molecule has 1 heterocycles. The molecule has 0 bridgehead atoms. The minimum atomic E-state index is -2.42. The summed E-state index contributed by atoms with van der Waals surface area (Å²) in [5, 5.41) is 3.38. The van der Waals surface area contributed by atoms with Gasteiger partial charge in [-0.2, -0.15) is 0 Å². The van der Waals surface area contributed by atoms with Gasteiger partial charge < -0.3 is 10.1 Å². The molecule has 0 unspecified atom stereocenters. The number of rotatable bonds is 7. The lowest BCUT2D eigenvalue weighted by Crippen LogP contribution is -2.15. The Balaban J connectivity index is 1.72. The van der Waals surface area contributed by atoms with E-state index in [9.17, 15) is 8.78 Å². The summed E-state index contributed by atoms with van der Waals surface area (Å²) in [6, 6.07) is 4.43. The molecule has 2 rings (SSSR count). The second-order valence-electron chi connectivity index (χ2n) is 4.22. The monoisotopic (exact) mass is 242 g/mol. The maximum absolute atomic E-state index is 11.8. The van der Waals surface area contributed by atoms with Crippen molar-refractivity contribution in [1.82, 2.24) is 10.3 Å². The van der Waals surface area contributed by atoms with Crippen LogP contribution in [0.5, 0.6) is 0 Å². The number of halogens is 2. The van der Waals surface area contributed by atoms with Crippen molar-refractivity contribution in [3.05, 3.63) is 29.6 Å². The van der Waals surface area contributed by atoms with E-state index in [0.717, 1.165) is 12.1 Å². The van der Waals surface area contributed by atoms with Crippen molar-refractivity contribution >= 4 is 0 Å². The third-order valence-electron chi connectivity index (χ3n) is 2.55. The summed E-state index contributed by atoms with van der Waals surface area (Å²) in [4.78, 5) is 4.16. The number of aromatic nitrogens is 1. The molecule has 0 aliphatic heterocycles. The van der Waals surface area contributed by atoms with E-state index in [1.54, 1.807) is 6.20 Å². The Morgan fingerprint density at radius 2 is 2.24 bits per heavy atom. The maximum Gasteiger partial charge on any atom is 0.261 e. The van der Waals surface area contributed by atoms with Gasteiger partial charge in [-0.05, 0) is 24.5 Å². The molecule has 1 saturated carbocycles. The van der Waals surface area contributed by atoms with Gasteiger partial charge in [0.05, 0.1) is 12.3 Å². The third kappa shape index (κ3) is 4.75. The molecule has 17 heavy (non-hydrogen) atoms. The summed E-state index contributed by atoms with van der Waals surface area (Å²) >= 11 is 0. The molecule has 1 fully saturated rings. The van der Waals surface area contributed by atoms with E-state index < -0.39 is 13.0 Å². The van der Waals surface area contributed by atoms with E-state index in [1.807, 2.05) is 12.1 Å². The zero-order valence-electron chi connectivity index (χ0n) is 9.53. The Kier molecular flexibility index (Phi) is 4.39. The van der Waals surface area contributed by atoms with Crippen LogP contribution in [0.3, 0.4) is 0 Å². The first-order valence-electron chi connectivity index (χ1n) is 5.77. The van der Waals surface area contributed by atoms with Gasteiger partial charge in [-0.1, -0.05) is 6.07 Å². The van der Waals surface area contributed by atoms with Crippen LogP contribution in [0.15, 0.2) is 18.3 Å². The first-order valence-corrected chi connectivity index (χ1v) is 5.77. The Bertz CT molecular complexity index is 339. The van der Waals surface area contributed by atoms with Crippen LogP contribution in [0.2, 0.25) is 0 Å². The standard InChI is InChI=1S/C12H16F2N2O/c13-12(14)8-17-7-11-2-1-9(6-16-11)5-15-10-3-4-10/h1-2,6,10,12,15H,3-5,7-8H2.